The Hall–Kier alpha value is -2.10. The van der Waals surface area contributed by atoms with Gasteiger partial charge in [-0.2, -0.15) is 18.3 Å². The number of aromatic carboxylic acids is 1. The van der Waals surface area contributed by atoms with E-state index in [9.17, 15) is 18.0 Å². The topological polar surface area (TPSA) is 85.8 Å². The summed E-state index contributed by atoms with van der Waals surface area (Å²) in [6, 6.07) is 0. The molecule has 0 fully saturated rings. The van der Waals surface area contributed by atoms with Crippen LogP contribution < -0.4 is 0 Å². The molecule has 2 aromatic heterocycles. The van der Waals surface area contributed by atoms with Crippen LogP contribution in [0.2, 0.25) is 5.02 Å². The van der Waals surface area contributed by atoms with Crippen LogP contribution in [0.25, 0.3) is 0 Å². The Labute approximate surface area is 120 Å². The van der Waals surface area contributed by atoms with Crippen LogP contribution in [0.15, 0.2) is 0 Å². The summed E-state index contributed by atoms with van der Waals surface area (Å²) in [5.41, 5.74) is -1.88. The standard InChI is InChI=1S/C10H9ClF3N5O2/c1-4-6(11)5(18(2)16-4)3-19-8(10(12,13)14)7(9(20)21)15-17-19/h3H2,1-2H3,(H,20,21). The molecule has 0 bridgehead atoms. The molecule has 21 heavy (non-hydrogen) atoms. The average Bonchev–Trinajstić information content (AvgIpc) is 2.86. The van der Waals surface area contributed by atoms with Gasteiger partial charge >= 0.3 is 12.1 Å². The van der Waals surface area contributed by atoms with Crippen molar-refractivity contribution in [3.63, 3.8) is 0 Å². The van der Waals surface area contributed by atoms with Gasteiger partial charge in [-0.3, -0.25) is 4.68 Å². The maximum Gasteiger partial charge on any atom is 0.435 e. The van der Waals surface area contributed by atoms with E-state index in [4.69, 9.17) is 16.7 Å². The summed E-state index contributed by atoms with van der Waals surface area (Å²) in [5, 5.41) is 19.2. The van der Waals surface area contributed by atoms with Crippen LogP contribution in [-0.4, -0.2) is 35.9 Å². The number of halogens is 4. The first-order valence-corrected chi connectivity index (χ1v) is 5.92. The van der Waals surface area contributed by atoms with Crippen molar-refractivity contribution in [3.05, 3.63) is 27.8 Å². The largest absolute Gasteiger partial charge is 0.476 e. The second-order valence-electron chi connectivity index (χ2n) is 4.22. The molecule has 1 N–H and O–H groups in total. The fraction of sp³-hybridized carbons (Fsp3) is 0.400. The van der Waals surface area contributed by atoms with Crippen LogP contribution in [0.3, 0.4) is 0 Å². The molecule has 0 radical (unpaired) electrons. The molecule has 0 amide bonds. The van der Waals surface area contributed by atoms with Crippen molar-refractivity contribution >= 4 is 17.6 Å². The third-order valence-electron chi connectivity index (χ3n) is 2.77. The van der Waals surface area contributed by atoms with Crippen molar-refractivity contribution in [3.8, 4) is 0 Å². The Morgan fingerprint density at radius 3 is 2.48 bits per heavy atom. The van der Waals surface area contributed by atoms with Crippen molar-refractivity contribution in [2.75, 3.05) is 0 Å². The third kappa shape index (κ3) is 2.71. The molecule has 2 aromatic rings. The monoisotopic (exact) mass is 323 g/mol. The van der Waals surface area contributed by atoms with Gasteiger partial charge in [0.25, 0.3) is 0 Å². The van der Waals surface area contributed by atoms with Crippen molar-refractivity contribution in [1.82, 2.24) is 24.8 Å². The molecular weight excluding hydrogens is 315 g/mol. The van der Waals surface area contributed by atoms with E-state index in [0.717, 1.165) is 0 Å². The van der Waals surface area contributed by atoms with Gasteiger partial charge in [-0.15, -0.1) is 5.10 Å². The number of aromatic nitrogens is 5. The zero-order chi connectivity index (χ0) is 15.9. The summed E-state index contributed by atoms with van der Waals surface area (Å²) in [7, 11) is 1.51. The van der Waals surface area contributed by atoms with Gasteiger partial charge in [0.05, 0.1) is 23.0 Å². The maximum atomic E-state index is 13.0. The van der Waals surface area contributed by atoms with Crippen LogP contribution in [0, 0.1) is 6.92 Å². The number of rotatable bonds is 3. The molecule has 114 valence electrons. The Balaban J connectivity index is 2.53. The first kappa shape index (κ1) is 15.3. The summed E-state index contributed by atoms with van der Waals surface area (Å²) < 4.78 is 40.7. The molecule has 0 aromatic carbocycles. The van der Waals surface area contributed by atoms with Crippen LogP contribution >= 0.6 is 11.6 Å². The van der Waals surface area contributed by atoms with Gasteiger partial charge in [0.15, 0.2) is 5.69 Å². The number of carboxylic acids is 1. The van der Waals surface area contributed by atoms with E-state index in [1.165, 1.54) is 11.7 Å². The van der Waals surface area contributed by atoms with Gasteiger partial charge in [0.2, 0.25) is 5.69 Å². The molecule has 0 unspecified atom stereocenters. The smallest absolute Gasteiger partial charge is 0.435 e. The normalized spacial score (nSPS) is 11.9. The van der Waals surface area contributed by atoms with Crippen molar-refractivity contribution < 1.29 is 23.1 Å². The predicted molar refractivity (Wildman–Crippen MR) is 64.0 cm³/mol. The van der Waals surface area contributed by atoms with Gasteiger partial charge in [-0.1, -0.05) is 16.8 Å². The molecule has 11 heteroatoms. The first-order valence-electron chi connectivity index (χ1n) is 5.55. The number of alkyl halides is 3. The molecule has 2 rings (SSSR count). The summed E-state index contributed by atoms with van der Waals surface area (Å²) in [6.07, 6.45) is -4.91. The Bertz CT molecular complexity index is 706. The maximum absolute atomic E-state index is 13.0. The van der Waals surface area contributed by atoms with Crippen LogP contribution in [0.1, 0.15) is 27.6 Å². The molecule has 0 aliphatic heterocycles. The summed E-state index contributed by atoms with van der Waals surface area (Å²) in [4.78, 5) is 10.8. The van der Waals surface area contributed by atoms with Gasteiger partial charge in [-0.25, -0.2) is 9.48 Å². The lowest BCUT2D eigenvalue weighted by atomic mass is 10.3. The van der Waals surface area contributed by atoms with Crippen molar-refractivity contribution in [2.45, 2.75) is 19.6 Å². The summed E-state index contributed by atoms with van der Waals surface area (Å²) >= 11 is 5.96. The number of aryl methyl sites for hydroxylation is 2. The lowest BCUT2D eigenvalue weighted by Gasteiger charge is -2.10. The summed E-state index contributed by atoms with van der Waals surface area (Å²) in [6.45, 7) is 1.20. The van der Waals surface area contributed by atoms with E-state index in [1.807, 2.05) is 0 Å². The van der Waals surface area contributed by atoms with Crippen molar-refractivity contribution in [2.24, 2.45) is 7.05 Å². The van der Waals surface area contributed by atoms with Crippen LogP contribution in [0.5, 0.6) is 0 Å². The number of nitrogens with zero attached hydrogens (tertiary/aromatic N) is 5. The highest BCUT2D eigenvalue weighted by Gasteiger charge is 2.41. The second-order valence-corrected chi connectivity index (χ2v) is 4.59. The van der Waals surface area contributed by atoms with E-state index >= 15 is 0 Å². The second kappa shape index (κ2) is 5.02. The predicted octanol–water partition coefficient (Wildman–Crippen LogP) is 1.74. The number of hydrogen-bond donors (Lipinski definition) is 1. The van der Waals surface area contributed by atoms with Crippen LogP contribution in [0.4, 0.5) is 13.2 Å². The van der Waals surface area contributed by atoms with E-state index in [1.54, 1.807) is 6.92 Å². The van der Waals surface area contributed by atoms with Gasteiger partial charge in [0, 0.05) is 7.05 Å². The fourth-order valence-corrected chi connectivity index (χ4v) is 2.06. The van der Waals surface area contributed by atoms with Crippen molar-refractivity contribution in [1.29, 1.82) is 0 Å². The van der Waals surface area contributed by atoms with E-state index in [0.29, 0.717) is 10.4 Å². The molecule has 0 saturated carbocycles. The molecule has 0 aliphatic carbocycles. The molecule has 7 nitrogen and oxygen atoms in total. The Morgan fingerprint density at radius 1 is 1.43 bits per heavy atom. The number of carbonyl (C=O) groups is 1. The average molecular weight is 324 g/mol. The lowest BCUT2D eigenvalue weighted by Crippen LogP contribution is -2.19. The minimum atomic E-state index is -4.91. The van der Waals surface area contributed by atoms with Crippen LogP contribution in [-0.2, 0) is 19.8 Å². The van der Waals surface area contributed by atoms with Gasteiger partial charge < -0.3 is 5.11 Å². The molecule has 0 spiro atoms. The molecule has 0 atom stereocenters. The third-order valence-corrected chi connectivity index (χ3v) is 3.26. The first-order chi connectivity index (χ1) is 9.62. The Kier molecular flexibility index (Phi) is 3.66. The quantitative estimate of drug-likeness (QED) is 0.929. The highest BCUT2D eigenvalue weighted by molar-refractivity contribution is 6.31. The lowest BCUT2D eigenvalue weighted by molar-refractivity contribution is -0.144. The Morgan fingerprint density at radius 2 is 2.05 bits per heavy atom. The minimum absolute atomic E-state index is 0.193. The van der Waals surface area contributed by atoms with E-state index < -0.39 is 30.1 Å². The van der Waals surface area contributed by atoms with Gasteiger partial charge in [0.1, 0.15) is 0 Å². The zero-order valence-corrected chi connectivity index (χ0v) is 11.6. The number of hydrogen-bond acceptors (Lipinski definition) is 4. The van der Waals surface area contributed by atoms with Gasteiger partial charge in [-0.05, 0) is 6.92 Å². The van der Waals surface area contributed by atoms with E-state index in [-0.39, 0.29) is 10.7 Å². The highest BCUT2D eigenvalue weighted by atomic mass is 35.5. The molecule has 0 aliphatic rings. The SMILES string of the molecule is Cc1nn(C)c(Cn2nnc(C(=O)O)c2C(F)(F)F)c1Cl. The zero-order valence-electron chi connectivity index (χ0n) is 10.8. The molecule has 2 heterocycles. The highest BCUT2D eigenvalue weighted by Crippen LogP contribution is 2.32. The molecule has 0 saturated heterocycles. The molecular formula is C10H9ClF3N5O2. The fourth-order valence-electron chi connectivity index (χ4n) is 1.84. The number of carboxylic acid groups (broad SMARTS) is 1. The summed E-state index contributed by atoms with van der Waals surface area (Å²) in [5.74, 6) is -1.80. The minimum Gasteiger partial charge on any atom is -0.476 e. The van der Waals surface area contributed by atoms with E-state index in [2.05, 4.69) is 15.4 Å².